The van der Waals surface area contributed by atoms with E-state index in [4.69, 9.17) is 0 Å². The van der Waals surface area contributed by atoms with Gasteiger partial charge < -0.3 is 0 Å². The summed E-state index contributed by atoms with van der Waals surface area (Å²) in [7, 11) is -3.62. The van der Waals surface area contributed by atoms with Gasteiger partial charge in [0.05, 0.1) is 4.90 Å². The molecule has 0 aliphatic carbocycles. The average Bonchev–Trinajstić information content (AvgIpc) is 2.31. The highest BCUT2D eigenvalue weighted by atomic mass is 32.2. The minimum Gasteiger partial charge on any atom is -0.247 e. The third kappa shape index (κ3) is 2.34. The molecule has 6 heteroatoms. The highest BCUT2D eigenvalue weighted by Crippen LogP contribution is 2.10. The van der Waals surface area contributed by atoms with E-state index in [2.05, 4.69) is 20.8 Å². The SMILES string of the molecule is O=S(=O)(Nc1ncccn1)c1c[c]ccc1. The maximum Gasteiger partial charge on any atom is 0.264 e. The van der Waals surface area contributed by atoms with Gasteiger partial charge in [0.2, 0.25) is 5.95 Å². The number of aromatic nitrogens is 2. The lowest BCUT2D eigenvalue weighted by molar-refractivity contribution is 0.601. The molecule has 0 saturated carbocycles. The molecule has 0 saturated heterocycles. The average molecular weight is 234 g/mol. The Balaban J connectivity index is 2.29. The predicted octanol–water partition coefficient (Wildman–Crippen LogP) is 1.08. The second-order valence-corrected chi connectivity index (χ2v) is 4.60. The Labute approximate surface area is 93.2 Å². The molecule has 0 atom stereocenters. The number of nitrogens with one attached hydrogen (secondary N) is 1. The van der Waals surface area contributed by atoms with Crippen molar-refractivity contribution >= 4 is 16.0 Å². The van der Waals surface area contributed by atoms with Crippen molar-refractivity contribution in [1.82, 2.24) is 9.97 Å². The first-order valence-corrected chi connectivity index (χ1v) is 5.93. The zero-order valence-corrected chi connectivity index (χ0v) is 8.98. The van der Waals surface area contributed by atoms with Gasteiger partial charge in [-0.15, -0.1) is 0 Å². The van der Waals surface area contributed by atoms with Crippen LogP contribution in [0.1, 0.15) is 0 Å². The second kappa shape index (κ2) is 4.28. The first-order valence-electron chi connectivity index (χ1n) is 4.44. The summed E-state index contributed by atoms with van der Waals surface area (Å²) >= 11 is 0. The zero-order valence-electron chi connectivity index (χ0n) is 8.16. The van der Waals surface area contributed by atoms with Gasteiger partial charge in [0.1, 0.15) is 0 Å². The van der Waals surface area contributed by atoms with Crippen molar-refractivity contribution in [3.05, 3.63) is 48.8 Å². The Morgan fingerprint density at radius 2 is 1.94 bits per heavy atom. The molecule has 2 rings (SSSR count). The van der Waals surface area contributed by atoms with E-state index < -0.39 is 10.0 Å². The molecule has 1 aromatic heterocycles. The molecule has 0 bridgehead atoms. The first kappa shape index (κ1) is 10.6. The number of anilines is 1. The fraction of sp³-hybridized carbons (Fsp3) is 0. The summed E-state index contributed by atoms with van der Waals surface area (Å²) in [4.78, 5) is 7.68. The molecule has 2 aromatic rings. The van der Waals surface area contributed by atoms with Crippen molar-refractivity contribution in [1.29, 1.82) is 0 Å². The quantitative estimate of drug-likeness (QED) is 0.862. The van der Waals surface area contributed by atoms with Crippen molar-refractivity contribution in [2.75, 3.05) is 4.72 Å². The molecule has 1 heterocycles. The van der Waals surface area contributed by atoms with Crippen LogP contribution in [0.15, 0.2) is 47.6 Å². The lowest BCUT2D eigenvalue weighted by Gasteiger charge is -2.05. The van der Waals surface area contributed by atoms with E-state index in [0.29, 0.717) is 0 Å². The van der Waals surface area contributed by atoms with Crippen LogP contribution in [0, 0.1) is 6.07 Å². The molecule has 16 heavy (non-hydrogen) atoms. The van der Waals surface area contributed by atoms with Gasteiger partial charge in [-0.1, -0.05) is 12.1 Å². The molecule has 1 aromatic carbocycles. The van der Waals surface area contributed by atoms with Crippen LogP contribution < -0.4 is 4.72 Å². The molecule has 1 radical (unpaired) electrons. The standard InChI is InChI=1S/C10H8N3O2S/c14-16(15,9-5-2-1-3-6-9)13-10-11-7-4-8-12-10/h1-2,4-8H,(H,11,12,13). The van der Waals surface area contributed by atoms with E-state index in [0.717, 1.165) is 0 Å². The molecule has 0 aliphatic rings. The Morgan fingerprint density at radius 3 is 2.56 bits per heavy atom. The molecule has 1 N–H and O–H groups in total. The monoisotopic (exact) mass is 234 g/mol. The van der Waals surface area contributed by atoms with Crippen LogP contribution in [-0.2, 0) is 10.0 Å². The van der Waals surface area contributed by atoms with Gasteiger partial charge in [0.15, 0.2) is 0 Å². The molecular formula is C10H8N3O2S. The third-order valence-electron chi connectivity index (χ3n) is 1.78. The van der Waals surface area contributed by atoms with Crippen molar-refractivity contribution in [3.63, 3.8) is 0 Å². The molecule has 0 amide bonds. The van der Waals surface area contributed by atoms with Crippen LogP contribution in [0.25, 0.3) is 0 Å². The number of hydrogen-bond donors (Lipinski definition) is 1. The number of benzene rings is 1. The van der Waals surface area contributed by atoms with E-state index in [1.165, 1.54) is 24.5 Å². The maximum absolute atomic E-state index is 11.8. The normalized spacial score (nSPS) is 11.0. The van der Waals surface area contributed by atoms with Crippen LogP contribution in [0.5, 0.6) is 0 Å². The van der Waals surface area contributed by atoms with Crippen molar-refractivity contribution in [2.45, 2.75) is 4.90 Å². The molecule has 0 aliphatic heterocycles. The fourth-order valence-corrected chi connectivity index (χ4v) is 2.02. The summed E-state index contributed by atoms with van der Waals surface area (Å²) in [6, 6.07) is 10.4. The van der Waals surface area contributed by atoms with Gasteiger partial charge in [0.25, 0.3) is 10.0 Å². The molecule has 0 unspecified atom stereocenters. The molecular weight excluding hydrogens is 226 g/mol. The molecule has 5 nitrogen and oxygen atoms in total. The number of nitrogens with zero attached hydrogens (tertiary/aromatic N) is 2. The highest BCUT2D eigenvalue weighted by Gasteiger charge is 2.14. The Bertz CT molecular complexity index is 555. The van der Waals surface area contributed by atoms with Crippen molar-refractivity contribution in [2.24, 2.45) is 0 Å². The van der Waals surface area contributed by atoms with Gasteiger partial charge >= 0.3 is 0 Å². The van der Waals surface area contributed by atoms with E-state index in [1.807, 2.05) is 0 Å². The van der Waals surface area contributed by atoms with Crippen LogP contribution in [0.3, 0.4) is 0 Å². The minimum atomic E-state index is -3.62. The Morgan fingerprint density at radius 1 is 1.19 bits per heavy atom. The number of hydrogen-bond acceptors (Lipinski definition) is 4. The van der Waals surface area contributed by atoms with E-state index in [1.54, 1.807) is 18.2 Å². The summed E-state index contributed by atoms with van der Waals surface area (Å²) in [5, 5.41) is 0. The van der Waals surface area contributed by atoms with Crippen LogP contribution in [-0.4, -0.2) is 18.4 Å². The van der Waals surface area contributed by atoms with Crippen molar-refractivity contribution < 1.29 is 8.42 Å². The van der Waals surface area contributed by atoms with Gasteiger partial charge in [0, 0.05) is 12.4 Å². The van der Waals surface area contributed by atoms with Crippen LogP contribution in [0.2, 0.25) is 0 Å². The summed E-state index contributed by atoms with van der Waals surface area (Å²) in [6.07, 6.45) is 2.92. The Kier molecular flexibility index (Phi) is 2.82. The topological polar surface area (TPSA) is 72.0 Å². The lowest BCUT2D eigenvalue weighted by atomic mass is 10.4. The Hall–Kier alpha value is -1.95. The van der Waals surface area contributed by atoms with E-state index >= 15 is 0 Å². The summed E-state index contributed by atoms with van der Waals surface area (Å²) in [5.41, 5.74) is 0. The largest absolute Gasteiger partial charge is 0.264 e. The smallest absolute Gasteiger partial charge is 0.247 e. The van der Waals surface area contributed by atoms with Crippen molar-refractivity contribution in [3.8, 4) is 0 Å². The fourth-order valence-electron chi connectivity index (χ4n) is 1.07. The molecule has 0 fully saturated rings. The third-order valence-corrected chi connectivity index (χ3v) is 3.11. The van der Waals surface area contributed by atoms with Crippen LogP contribution in [0.4, 0.5) is 5.95 Å². The van der Waals surface area contributed by atoms with E-state index in [-0.39, 0.29) is 10.8 Å². The summed E-state index contributed by atoms with van der Waals surface area (Å²) in [5.74, 6) is 0.0475. The lowest BCUT2D eigenvalue weighted by Crippen LogP contribution is -2.14. The number of sulfonamides is 1. The number of rotatable bonds is 3. The summed E-state index contributed by atoms with van der Waals surface area (Å²) < 4.78 is 25.8. The first-order chi connectivity index (χ1) is 7.68. The van der Waals surface area contributed by atoms with Gasteiger partial charge in [-0.25, -0.2) is 23.1 Å². The molecule has 81 valence electrons. The van der Waals surface area contributed by atoms with Crippen LogP contribution >= 0.6 is 0 Å². The predicted molar refractivity (Wildman–Crippen MR) is 58.1 cm³/mol. The van der Waals surface area contributed by atoms with Gasteiger partial charge in [-0.2, -0.15) is 0 Å². The van der Waals surface area contributed by atoms with E-state index in [9.17, 15) is 8.42 Å². The van der Waals surface area contributed by atoms with Gasteiger partial charge in [-0.05, 0) is 24.3 Å². The molecule has 0 spiro atoms. The second-order valence-electron chi connectivity index (χ2n) is 2.92. The van der Waals surface area contributed by atoms with Gasteiger partial charge in [-0.3, -0.25) is 0 Å². The maximum atomic E-state index is 11.8. The summed E-state index contributed by atoms with van der Waals surface area (Å²) in [6.45, 7) is 0. The minimum absolute atomic E-state index is 0.0475. The zero-order chi connectivity index (χ0) is 11.4. The highest BCUT2D eigenvalue weighted by molar-refractivity contribution is 7.92.